The Labute approximate surface area is 135 Å². The predicted molar refractivity (Wildman–Crippen MR) is 86.3 cm³/mol. The van der Waals surface area contributed by atoms with Crippen LogP contribution in [0.2, 0.25) is 5.02 Å². The maximum Gasteiger partial charge on any atom is 0.276 e. The molecule has 2 aromatic carbocycles. The lowest BCUT2D eigenvalue weighted by Crippen LogP contribution is -2.25. The normalized spacial score (nSPS) is 10.7. The van der Waals surface area contributed by atoms with E-state index < -0.39 is 11.7 Å². The molecule has 0 aliphatic rings. The largest absolute Gasteiger partial charge is 0.318 e. The standard InChI is InChI=1S/C16H11ClFN3O2/c1-21-16(23)10-6-3-2-5-9(10)14(20-21)15(22)19-12-8-4-7-11(17)13(12)18/h2-8H,1H3,(H,19,22). The van der Waals surface area contributed by atoms with Crippen molar-refractivity contribution < 1.29 is 9.18 Å². The highest BCUT2D eigenvalue weighted by atomic mass is 35.5. The number of hydrogen-bond donors (Lipinski definition) is 1. The summed E-state index contributed by atoms with van der Waals surface area (Å²) in [5.41, 5.74) is -0.338. The molecule has 5 nitrogen and oxygen atoms in total. The van der Waals surface area contributed by atoms with Gasteiger partial charge in [-0.3, -0.25) is 9.59 Å². The fraction of sp³-hybridized carbons (Fsp3) is 0.0625. The van der Waals surface area contributed by atoms with Gasteiger partial charge in [-0.15, -0.1) is 0 Å². The molecule has 1 N–H and O–H groups in total. The van der Waals surface area contributed by atoms with E-state index in [1.807, 2.05) is 0 Å². The Hall–Kier alpha value is -2.73. The first-order chi connectivity index (χ1) is 11.0. The lowest BCUT2D eigenvalue weighted by Gasteiger charge is -2.10. The number of amides is 1. The smallest absolute Gasteiger partial charge is 0.276 e. The predicted octanol–water partition coefficient (Wildman–Crippen LogP) is 2.98. The minimum absolute atomic E-state index is 0.0297. The lowest BCUT2D eigenvalue weighted by atomic mass is 10.1. The summed E-state index contributed by atoms with van der Waals surface area (Å²) >= 11 is 5.70. The number of rotatable bonds is 2. The number of benzene rings is 2. The van der Waals surface area contributed by atoms with Crippen LogP contribution in [0.5, 0.6) is 0 Å². The molecule has 3 rings (SSSR count). The molecule has 7 heteroatoms. The first-order valence-corrected chi connectivity index (χ1v) is 7.08. The van der Waals surface area contributed by atoms with Gasteiger partial charge < -0.3 is 5.32 Å². The minimum Gasteiger partial charge on any atom is -0.318 e. The van der Waals surface area contributed by atoms with Crippen LogP contribution in [0.1, 0.15) is 10.5 Å². The Balaban J connectivity index is 2.10. The van der Waals surface area contributed by atoms with Crippen molar-refractivity contribution in [2.24, 2.45) is 7.05 Å². The van der Waals surface area contributed by atoms with E-state index in [4.69, 9.17) is 11.6 Å². The van der Waals surface area contributed by atoms with Crippen molar-refractivity contribution in [3.8, 4) is 0 Å². The van der Waals surface area contributed by atoms with Gasteiger partial charge in [-0.2, -0.15) is 5.10 Å². The molecule has 0 saturated carbocycles. The summed E-state index contributed by atoms with van der Waals surface area (Å²) in [6.07, 6.45) is 0. The summed E-state index contributed by atoms with van der Waals surface area (Å²) in [7, 11) is 1.45. The van der Waals surface area contributed by atoms with Crippen molar-refractivity contribution in [3.05, 3.63) is 69.4 Å². The molecular weight excluding hydrogens is 321 g/mol. The fourth-order valence-electron chi connectivity index (χ4n) is 2.25. The second-order valence-corrected chi connectivity index (χ2v) is 5.29. The van der Waals surface area contributed by atoms with E-state index in [1.54, 1.807) is 24.3 Å². The van der Waals surface area contributed by atoms with Crippen molar-refractivity contribution in [2.45, 2.75) is 0 Å². The highest BCUT2D eigenvalue weighted by molar-refractivity contribution is 6.31. The van der Waals surface area contributed by atoms with E-state index in [0.29, 0.717) is 10.8 Å². The van der Waals surface area contributed by atoms with Gasteiger partial charge in [-0.25, -0.2) is 9.07 Å². The number of fused-ring (bicyclic) bond motifs is 1. The molecule has 0 saturated heterocycles. The van der Waals surface area contributed by atoms with E-state index in [0.717, 1.165) is 4.68 Å². The Morgan fingerprint density at radius 1 is 1.17 bits per heavy atom. The van der Waals surface area contributed by atoms with Crippen LogP contribution in [0, 0.1) is 5.82 Å². The highest BCUT2D eigenvalue weighted by Gasteiger charge is 2.17. The number of aryl methyl sites for hydroxylation is 1. The van der Waals surface area contributed by atoms with Crippen molar-refractivity contribution in [1.29, 1.82) is 0 Å². The third-order valence-electron chi connectivity index (χ3n) is 3.37. The molecule has 1 heterocycles. The number of nitrogens with one attached hydrogen (secondary N) is 1. The highest BCUT2D eigenvalue weighted by Crippen LogP contribution is 2.23. The summed E-state index contributed by atoms with van der Waals surface area (Å²) in [5.74, 6) is -1.35. The van der Waals surface area contributed by atoms with Gasteiger partial charge in [0.25, 0.3) is 11.5 Å². The number of halogens is 2. The van der Waals surface area contributed by atoms with Crippen molar-refractivity contribution in [3.63, 3.8) is 0 Å². The first-order valence-electron chi connectivity index (χ1n) is 6.70. The third kappa shape index (κ3) is 2.68. The lowest BCUT2D eigenvalue weighted by molar-refractivity contribution is 0.102. The Bertz CT molecular complexity index is 985. The maximum absolute atomic E-state index is 13.9. The molecule has 0 aliphatic heterocycles. The van der Waals surface area contributed by atoms with Gasteiger partial charge in [0.05, 0.1) is 16.1 Å². The van der Waals surface area contributed by atoms with Gasteiger partial charge in [-0.1, -0.05) is 35.9 Å². The number of hydrogen-bond acceptors (Lipinski definition) is 3. The molecule has 0 atom stereocenters. The monoisotopic (exact) mass is 331 g/mol. The molecule has 1 aromatic heterocycles. The molecule has 0 aliphatic carbocycles. The quantitative estimate of drug-likeness (QED) is 0.785. The molecule has 3 aromatic rings. The van der Waals surface area contributed by atoms with Gasteiger partial charge in [0.1, 0.15) is 0 Å². The van der Waals surface area contributed by atoms with Crippen LogP contribution in [0.25, 0.3) is 10.8 Å². The van der Waals surface area contributed by atoms with Gasteiger partial charge >= 0.3 is 0 Å². The second kappa shape index (κ2) is 5.81. The van der Waals surface area contributed by atoms with E-state index in [1.165, 1.54) is 25.2 Å². The average Bonchev–Trinajstić information content (AvgIpc) is 2.55. The van der Waals surface area contributed by atoms with Gasteiger partial charge in [0.2, 0.25) is 0 Å². The van der Waals surface area contributed by atoms with E-state index in [2.05, 4.69) is 10.4 Å². The summed E-state index contributed by atoms with van der Waals surface area (Å²) < 4.78 is 15.0. The summed E-state index contributed by atoms with van der Waals surface area (Å²) in [5, 5.41) is 7.08. The number of nitrogens with zero attached hydrogens (tertiary/aromatic N) is 2. The molecule has 23 heavy (non-hydrogen) atoms. The fourth-order valence-corrected chi connectivity index (χ4v) is 2.42. The Morgan fingerprint density at radius 3 is 2.61 bits per heavy atom. The SMILES string of the molecule is Cn1nc(C(=O)Nc2cccc(Cl)c2F)c2ccccc2c1=O. The molecule has 0 unspecified atom stereocenters. The Kier molecular flexibility index (Phi) is 3.83. The first kappa shape index (κ1) is 15.2. The average molecular weight is 332 g/mol. The number of anilines is 1. The van der Waals surface area contributed by atoms with Crippen molar-refractivity contribution >= 4 is 34.0 Å². The third-order valence-corrected chi connectivity index (χ3v) is 3.66. The second-order valence-electron chi connectivity index (χ2n) is 4.88. The van der Waals surface area contributed by atoms with Crippen LogP contribution in [0.15, 0.2) is 47.3 Å². The molecule has 0 spiro atoms. The van der Waals surface area contributed by atoms with E-state index in [-0.39, 0.29) is 22.0 Å². The topological polar surface area (TPSA) is 64.0 Å². The molecular formula is C16H11ClFN3O2. The van der Waals surface area contributed by atoms with Crippen molar-refractivity contribution in [1.82, 2.24) is 9.78 Å². The minimum atomic E-state index is -0.725. The zero-order valence-corrected chi connectivity index (χ0v) is 12.8. The van der Waals surface area contributed by atoms with Gasteiger partial charge in [-0.05, 0) is 18.2 Å². The summed E-state index contributed by atoms with van der Waals surface area (Å²) in [4.78, 5) is 24.5. The van der Waals surface area contributed by atoms with Crippen LogP contribution >= 0.6 is 11.6 Å². The van der Waals surface area contributed by atoms with Crippen LogP contribution in [0.4, 0.5) is 10.1 Å². The molecule has 0 fully saturated rings. The molecule has 0 bridgehead atoms. The van der Waals surface area contributed by atoms with Crippen molar-refractivity contribution in [2.75, 3.05) is 5.32 Å². The summed E-state index contributed by atoms with van der Waals surface area (Å²) in [6.45, 7) is 0. The zero-order valence-electron chi connectivity index (χ0n) is 12.0. The number of carbonyl (C=O) groups is 1. The van der Waals surface area contributed by atoms with Gasteiger partial charge in [0.15, 0.2) is 11.5 Å². The molecule has 1 amide bonds. The molecule has 116 valence electrons. The molecule has 0 radical (unpaired) electrons. The Morgan fingerprint density at radius 2 is 1.87 bits per heavy atom. The van der Waals surface area contributed by atoms with E-state index >= 15 is 0 Å². The number of carbonyl (C=O) groups excluding carboxylic acids is 1. The van der Waals surface area contributed by atoms with Crippen LogP contribution < -0.4 is 10.9 Å². The van der Waals surface area contributed by atoms with E-state index in [9.17, 15) is 14.0 Å². The van der Waals surface area contributed by atoms with Crippen LogP contribution in [-0.2, 0) is 7.05 Å². The number of aromatic nitrogens is 2. The van der Waals surface area contributed by atoms with Gasteiger partial charge in [0, 0.05) is 12.4 Å². The van der Waals surface area contributed by atoms with Crippen LogP contribution in [-0.4, -0.2) is 15.7 Å². The van der Waals surface area contributed by atoms with Crippen LogP contribution in [0.3, 0.4) is 0 Å². The zero-order chi connectivity index (χ0) is 16.6. The summed E-state index contributed by atoms with van der Waals surface area (Å²) in [6, 6.07) is 10.9. The maximum atomic E-state index is 13.9.